The Morgan fingerprint density at radius 2 is 1.20 bits per heavy atom. The van der Waals surface area contributed by atoms with Crippen LogP contribution in [-0.2, 0) is 9.22 Å². The molecule has 0 aliphatic carbocycles. The summed E-state index contributed by atoms with van der Waals surface area (Å²) >= 11 is -3.59. The van der Waals surface area contributed by atoms with Crippen molar-refractivity contribution in [3.05, 3.63) is 0 Å². The summed E-state index contributed by atoms with van der Waals surface area (Å²) in [5, 5.41) is 0. The molecule has 0 aromatic rings. The van der Waals surface area contributed by atoms with E-state index in [1.54, 1.807) is 0 Å². The Morgan fingerprint density at radius 3 is 1.40 bits per heavy atom. The molecule has 0 N–H and O–H groups in total. The molecule has 88 valence electrons. The molecule has 0 spiro atoms. The first-order valence-electron chi connectivity index (χ1n) is 5.64. The van der Waals surface area contributed by atoms with Crippen molar-refractivity contribution in [3.63, 3.8) is 0 Å². The molecule has 0 aliphatic rings. The summed E-state index contributed by atoms with van der Waals surface area (Å²) in [6.07, 6.45) is 8.31. The van der Waals surface area contributed by atoms with E-state index >= 15 is 0 Å². The van der Waals surface area contributed by atoms with Crippen LogP contribution in [0.25, 0.3) is 0 Å². The fraction of sp³-hybridized carbons (Fsp3) is 0.818. The van der Waals surface area contributed by atoms with Crippen molar-refractivity contribution in [2.75, 3.05) is 19.8 Å². The molecule has 0 aromatic carbocycles. The van der Waals surface area contributed by atoms with Gasteiger partial charge in [-0.2, -0.15) is 0 Å². The van der Waals surface area contributed by atoms with E-state index in [0.29, 0.717) is 19.8 Å². The first kappa shape index (κ1) is 15.2. The monoisotopic (exact) mass is 322 g/mol. The second kappa shape index (κ2) is 9.46. The Morgan fingerprint density at radius 1 is 0.867 bits per heavy atom. The van der Waals surface area contributed by atoms with E-state index in [9.17, 15) is 0 Å². The fourth-order valence-electron chi connectivity index (χ4n) is 0.959. The average molecular weight is 321 g/mol. The van der Waals surface area contributed by atoms with Gasteiger partial charge in [0.25, 0.3) is 0 Å². The molecule has 0 heterocycles. The van der Waals surface area contributed by atoms with Crippen LogP contribution >= 0.6 is 0 Å². The Balaban J connectivity index is 4.25. The Labute approximate surface area is 99.0 Å². The van der Waals surface area contributed by atoms with Gasteiger partial charge in [-0.1, -0.05) is 0 Å². The van der Waals surface area contributed by atoms with Crippen molar-refractivity contribution >= 4 is 19.6 Å². The summed E-state index contributed by atoms with van der Waals surface area (Å²) in [6, 6.07) is 0. The normalized spacial score (nSPS) is 11.3. The van der Waals surface area contributed by atoms with Crippen molar-refractivity contribution in [1.82, 2.24) is 0 Å². The molecule has 0 saturated carbocycles. The molecule has 0 bridgehead atoms. The van der Waals surface area contributed by atoms with Crippen LogP contribution in [0.5, 0.6) is 0 Å². The SMILES string of the molecule is C#[C][Sn]([O]CCC)([O]CCC)[O]CCC. The van der Waals surface area contributed by atoms with Crippen molar-refractivity contribution < 1.29 is 9.22 Å². The minimum atomic E-state index is -3.59. The third-order valence-electron chi connectivity index (χ3n) is 1.67. The molecule has 0 amide bonds. The van der Waals surface area contributed by atoms with Gasteiger partial charge >= 0.3 is 99.1 Å². The maximum atomic E-state index is 5.66. The third kappa shape index (κ3) is 6.41. The number of terminal acetylenes is 1. The summed E-state index contributed by atoms with van der Waals surface area (Å²) in [5.74, 6) is 0. The van der Waals surface area contributed by atoms with E-state index < -0.39 is 19.6 Å². The summed E-state index contributed by atoms with van der Waals surface area (Å²) < 4.78 is 19.6. The molecule has 0 aliphatic heterocycles. The standard InChI is InChI=1S/3C3H7O.C2H.Sn/c3*1-2-3-4;1-2;/h3*2-3H2,1H3;1H;/q3*-1;;+3. The molecule has 0 rings (SSSR count). The van der Waals surface area contributed by atoms with Crippen LogP contribution in [0, 0.1) is 10.4 Å². The predicted octanol–water partition coefficient (Wildman–Crippen LogP) is 2.38. The first-order valence-corrected chi connectivity index (χ1v) is 10.6. The van der Waals surface area contributed by atoms with Crippen molar-refractivity contribution in [3.8, 4) is 10.4 Å². The quantitative estimate of drug-likeness (QED) is 0.482. The molecule has 0 unspecified atom stereocenters. The van der Waals surface area contributed by atoms with E-state index in [-0.39, 0.29) is 0 Å². The van der Waals surface area contributed by atoms with Crippen LogP contribution < -0.4 is 0 Å². The van der Waals surface area contributed by atoms with E-state index in [1.165, 1.54) is 0 Å². The molecule has 15 heavy (non-hydrogen) atoms. The Bertz CT molecular complexity index is 167. The van der Waals surface area contributed by atoms with Crippen LogP contribution in [0.1, 0.15) is 40.0 Å². The van der Waals surface area contributed by atoms with E-state index in [1.807, 2.05) is 20.8 Å². The second-order valence-corrected chi connectivity index (χ2v) is 9.72. The van der Waals surface area contributed by atoms with Gasteiger partial charge in [-0.15, -0.1) is 0 Å². The van der Waals surface area contributed by atoms with E-state index in [2.05, 4.69) is 3.94 Å². The van der Waals surface area contributed by atoms with E-state index in [4.69, 9.17) is 15.6 Å². The van der Waals surface area contributed by atoms with Crippen molar-refractivity contribution in [2.45, 2.75) is 40.0 Å². The zero-order valence-corrected chi connectivity index (χ0v) is 12.9. The molecule has 3 nitrogen and oxygen atoms in total. The molecular formula is C11H22O3Sn. The average Bonchev–Trinajstić information content (AvgIpc) is 2.29. The van der Waals surface area contributed by atoms with Gasteiger partial charge in [0.1, 0.15) is 0 Å². The van der Waals surface area contributed by atoms with Crippen LogP contribution in [0.4, 0.5) is 0 Å². The fourth-order valence-corrected chi connectivity index (χ4v) is 6.44. The summed E-state index contributed by atoms with van der Waals surface area (Å²) in [6.45, 7) is 8.04. The molecule has 0 fully saturated rings. The zero-order chi connectivity index (χ0) is 11.6. The molecule has 4 heteroatoms. The first-order chi connectivity index (χ1) is 7.24. The summed E-state index contributed by atoms with van der Waals surface area (Å²) in [5.41, 5.74) is 0. The minimum absolute atomic E-state index is 0.633. The Kier molecular flexibility index (Phi) is 9.61. The molecular weight excluding hydrogens is 299 g/mol. The van der Waals surface area contributed by atoms with Gasteiger partial charge in [-0.25, -0.2) is 0 Å². The van der Waals surface area contributed by atoms with Gasteiger partial charge in [0.05, 0.1) is 0 Å². The number of hydrogen-bond donors (Lipinski definition) is 0. The Hall–Kier alpha value is 0.239. The van der Waals surface area contributed by atoms with Gasteiger partial charge < -0.3 is 0 Å². The van der Waals surface area contributed by atoms with Gasteiger partial charge in [0.15, 0.2) is 0 Å². The van der Waals surface area contributed by atoms with Gasteiger partial charge in [-0.05, 0) is 0 Å². The number of rotatable bonds is 9. The molecule has 0 radical (unpaired) electrons. The maximum absolute atomic E-state index is 5.66. The van der Waals surface area contributed by atoms with Gasteiger partial charge in [-0.3, -0.25) is 0 Å². The van der Waals surface area contributed by atoms with Crippen LogP contribution in [0.2, 0.25) is 0 Å². The zero-order valence-electron chi connectivity index (χ0n) is 10.0. The van der Waals surface area contributed by atoms with Gasteiger partial charge in [0, 0.05) is 0 Å². The van der Waals surface area contributed by atoms with Crippen LogP contribution in [0.3, 0.4) is 0 Å². The number of hydrogen-bond acceptors (Lipinski definition) is 3. The topological polar surface area (TPSA) is 27.7 Å². The summed E-state index contributed by atoms with van der Waals surface area (Å²) in [4.78, 5) is 0. The van der Waals surface area contributed by atoms with E-state index in [0.717, 1.165) is 19.3 Å². The third-order valence-corrected chi connectivity index (χ3v) is 7.68. The predicted molar refractivity (Wildman–Crippen MR) is 63.3 cm³/mol. The molecule has 0 saturated heterocycles. The van der Waals surface area contributed by atoms with Gasteiger partial charge in [0.2, 0.25) is 0 Å². The van der Waals surface area contributed by atoms with Crippen molar-refractivity contribution in [1.29, 1.82) is 0 Å². The molecule has 0 aromatic heterocycles. The van der Waals surface area contributed by atoms with Crippen LogP contribution in [0.15, 0.2) is 0 Å². The summed E-state index contributed by atoms with van der Waals surface area (Å²) in [7, 11) is 0. The molecule has 0 atom stereocenters. The second-order valence-electron chi connectivity index (χ2n) is 3.25. The van der Waals surface area contributed by atoms with Crippen LogP contribution in [-0.4, -0.2) is 39.4 Å². The van der Waals surface area contributed by atoms with Crippen molar-refractivity contribution in [2.24, 2.45) is 0 Å².